The van der Waals surface area contributed by atoms with Crippen molar-refractivity contribution in [1.29, 1.82) is 0 Å². The molecule has 3 aromatic rings. The average molecular weight is 429 g/mol. The quantitative estimate of drug-likeness (QED) is 0.440. The number of aryl methyl sites for hydroxylation is 3. The lowest BCUT2D eigenvalue weighted by atomic mass is 9.92. The Morgan fingerprint density at radius 3 is 2.69 bits per heavy atom. The molecule has 1 unspecified atom stereocenters. The third kappa shape index (κ3) is 4.15. The SMILES string of the molecule is C=CC1(C)Cc2cc(C(=O)CCc3c(C)cc(C)[nH]c3=O)cc(-c3ccc(C)nc3)c2O1. The van der Waals surface area contributed by atoms with Crippen molar-refractivity contribution in [2.75, 3.05) is 0 Å². The van der Waals surface area contributed by atoms with E-state index in [0.29, 0.717) is 24.0 Å². The third-order valence-corrected chi connectivity index (χ3v) is 6.11. The summed E-state index contributed by atoms with van der Waals surface area (Å²) in [6.45, 7) is 11.6. The number of ketones is 1. The van der Waals surface area contributed by atoms with E-state index in [1.165, 1.54) is 0 Å². The standard InChI is InChI=1S/C27H28N2O3/c1-6-27(5)14-21-12-20(13-23(25(21)32-27)19-8-7-17(3)28-15-19)24(30)10-9-22-16(2)11-18(4)29-26(22)31/h6-8,11-13,15H,1,9-10,14H2,2-5H3,(H,29,31). The second-order valence-electron chi connectivity index (χ2n) is 8.86. The lowest BCUT2D eigenvalue weighted by Gasteiger charge is -2.19. The Bertz CT molecular complexity index is 1270. The molecule has 0 spiro atoms. The van der Waals surface area contributed by atoms with Crippen LogP contribution in [0.5, 0.6) is 5.75 Å². The first-order chi connectivity index (χ1) is 15.2. The highest BCUT2D eigenvalue weighted by Gasteiger charge is 2.34. The minimum Gasteiger partial charge on any atom is -0.482 e. The summed E-state index contributed by atoms with van der Waals surface area (Å²) in [7, 11) is 0. The topological polar surface area (TPSA) is 72.0 Å². The van der Waals surface area contributed by atoms with Crippen molar-refractivity contribution in [2.45, 2.75) is 52.6 Å². The maximum atomic E-state index is 13.2. The molecule has 32 heavy (non-hydrogen) atoms. The Morgan fingerprint density at radius 2 is 2.03 bits per heavy atom. The number of ether oxygens (including phenoxy) is 1. The molecule has 1 aliphatic rings. The van der Waals surface area contributed by atoms with Gasteiger partial charge in [0.25, 0.3) is 5.56 Å². The molecule has 2 aromatic heterocycles. The number of Topliss-reactive ketones (excluding diaryl/α,β-unsaturated/α-hetero) is 1. The van der Waals surface area contributed by atoms with Crippen molar-refractivity contribution >= 4 is 5.78 Å². The van der Waals surface area contributed by atoms with E-state index in [1.54, 1.807) is 12.3 Å². The van der Waals surface area contributed by atoms with Crippen LogP contribution in [0, 0.1) is 20.8 Å². The molecule has 1 aromatic carbocycles. The predicted octanol–water partition coefficient (Wildman–Crippen LogP) is 5.06. The number of nitrogens with one attached hydrogen (secondary N) is 1. The van der Waals surface area contributed by atoms with Gasteiger partial charge in [0, 0.05) is 52.7 Å². The van der Waals surface area contributed by atoms with E-state index in [2.05, 4.69) is 16.5 Å². The van der Waals surface area contributed by atoms with E-state index in [-0.39, 0.29) is 17.8 Å². The number of fused-ring (bicyclic) bond motifs is 1. The number of pyridine rings is 2. The summed E-state index contributed by atoms with van der Waals surface area (Å²) in [5, 5.41) is 0. The molecule has 0 fully saturated rings. The molecule has 1 N–H and O–H groups in total. The summed E-state index contributed by atoms with van der Waals surface area (Å²) in [6.07, 6.45) is 4.92. The summed E-state index contributed by atoms with van der Waals surface area (Å²) < 4.78 is 6.26. The average Bonchev–Trinajstić information content (AvgIpc) is 3.09. The summed E-state index contributed by atoms with van der Waals surface area (Å²) in [5.74, 6) is 0.779. The molecule has 4 rings (SSSR count). The van der Waals surface area contributed by atoms with Crippen LogP contribution >= 0.6 is 0 Å². The maximum Gasteiger partial charge on any atom is 0.251 e. The molecule has 0 amide bonds. The van der Waals surface area contributed by atoms with Crippen LogP contribution in [0.1, 0.15) is 51.8 Å². The number of benzene rings is 1. The van der Waals surface area contributed by atoms with Gasteiger partial charge in [-0.25, -0.2) is 0 Å². The van der Waals surface area contributed by atoms with E-state index < -0.39 is 5.60 Å². The number of rotatable bonds is 6. The number of H-pyrrole nitrogens is 1. The number of hydrogen-bond acceptors (Lipinski definition) is 4. The highest BCUT2D eigenvalue weighted by Crippen LogP contribution is 2.43. The second kappa shape index (κ2) is 8.23. The number of carbonyl (C=O) groups excluding carboxylic acids is 1. The molecule has 0 saturated heterocycles. The van der Waals surface area contributed by atoms with Gasteiger partial charge in [0.15, 0.2) is 5.78 Å². The number of hydrogen-bond donors (Lipinski definition) is 1. The minimum atomic E-state index is -0.511. The van der Waals surface area contributed by atoms with E-state index >= 15 is 0 Å². The van der Waals surface area contributed by atoms with Crippen molar-refractivity contribution in [3.63, 3.8) is 0 Å². The Kier molecular flexibility index (Phi) is 5.59. The van der Waals surface area contributed by atoms with Crippen molar-refractivity contribution in [1.82, 2.24) is 9.97 Å². The van der Waals surface area contributed by atoms with Gasteiger partial charge >= 0.3 is 0 Å². The van der Waals surface area contributed by atoms with Gasteiger partial charge in [-0.3, -0.25) is 14.6 Å². The second-order valence-corrected chi connectivity index (χ2v) is 8.86. The van der Waals surface area contributed by atoms with Gasteiger partial charge in [-0.2, -0.15) is 0 Å². The minimum absolute atomic E-state index is 0.000650. The fourth-order valence-electron chi connectivity index (χ4n) is 4.28. The fraction of sp³-hybridized carbons (Fsp3) is 0.296. The maximum absolute atomic E-state index is 13.2. The Hall–Kier alpha value is -3.47. The smallest absolute Gasteiger partial charge is 0.251 e. The zero-order valence-electron chi connectivity index (χ0n) is 19.0. The van der Waals surface area contributed by atoms with E-state index in [0.717, 1.165) is 39.4 Å². The van der Waals surface area contributed by atoms with Crippen LogP contribution in [0.15, 0.2) is 54.0 Å². The normalized spacial score (nSPS) is 17.0. The lowest BCUT2D eigenvalue weighted by molar-refractivity contribution is 0.0982. The van der Waals surface area contributed by atoms with Crippen LogP contribution in [-0.2, 0) is 12.8 Å². The Morgan fingerprint density at radius 1 is 1.25 bits per heavy atom. The van der Waals surface area contributed by atoms with Crippen molar-refractivity contribution in [3.8, 4) is 16.9 Å². The van der Waals surface area contributed by atoms with Crippen LogP contribution in [0.4, 0.5) is 0 Å². The molecule has 3 heterocycles. The summed E-state index contributed by atoms with van der Waals surface area (Å²) in [6, 6.07) is 9.68. The van der Waals surface area contributed by atoms with Crippen LogP contribution < -0.4 is 10.3 Å². The van der Waals surface area contributed by atoms with Crippen LogP contribution in [-0.4, -0.2) is 21.4 Å². The van der Waals surface area contributed by atoms with Gasteiger partial charge in [0.2, 0.25) is 0 Å². The Balaban J connectivity index is 1.69. The highest BCUT2D eigenvalue weighted by molar-refractivity contribution is 5.98. The van der Waals surface area contributed by atoms with Gasteiger partial charge in [0.1, 0.15) is 11.4 Å². The summed E-state index contributed by atoms with van der Waals surface area (Å²) in [4.78, 5) is 32.8. The molecule has 1 aliphatic heterocycles. The lowest BCUT2D eigenvalue weighted by Crippen LogP contribution is -2.26. The number of aromatic nitrogens is 2. The summed E-state index contributed by atoms with van der Waals surface area (Å²) in [5.41, 5.74) is 6.06. The summed E-state index contributed by atoms with van der Waals surface area (Å²) >= 11 is 0. The van der Waals surface area contributed by atoms with Gasteiger partial charge in [-0.1, -0.05) is 12.6 Å². The molecular formula is C27H28N2O3. The molecule has 164 valence electrons. The number of nitrogens with zero attached hydrogens (tertiary/aromatic N) is 1. The van der Waals surface area contributed by atoms with E-state index in [1.807, 2.05) is 58.0 Å². The van der Waals surface area contributed by atoms with E-state index in [4.69, 9.17) is 4.74 Å². The molecule has 0 radical (unpaired) electrons. The molecule has 5 heteroatoms. The third-order valence-electron chi connectivity index (χ3n) is 6.11. The Labute approximate surface area is 188 Å². The fourth-order valence-corrected chi connectivity index (χ4v) is 4.28. The zero-order chi connectivity index (χ0) is 23.0. The van der Waals surface area contributed by atoms with Crippen molar-refractivity contribution in [2.24, 2.45) is 0 Å². The molecule has 0 aliphatic carbocycles. The van der Waals surface area contributed by atoms with Crippen LogP contribution in [0.3, 0.4) is 0 Å². The van der Waals surface area contributed by atoms with Crippen molar-refractivity contribution < 1.29 is 9.53 Å². The first kappa shape index (κ1) is 21.8. The van der Waals surface area contributed by atoms with Gasteiger partial charge in [0.05, 0.1) is 0 Å². The van der Waals surface area contributed by atoms with Gasteiger partial charge in [-0.15, -0.1) is 0 Å². The van der Waals surface area contributed by atoms with Crippen LogP contribution in [0.25, 0.3) is 11.1 Å². The monoisotopic (exact) mass is 428 g/mol. The van der Waals surface area contributed by atoms with Crippen LogP contribution in [0.2, 0.25) is 0 Å². The van der Waals surface area contributed by atoms with Gasteiger partial charge in [-0.05, 0) is 75.6 Å². The first-order valence-electron chi connectivity index (χ1n) is 10.8. The van der Waals surface area contributed by atoms with Gasteiger partial charge < -0.3 is 9.72 Å². The molecule has 1 atom stereocenters. The molecule has 0 bridgehead atoms. The van der Waals surface area contributed by atoms with E-state index in [9.17, 15) is 9.59 Å². The van der Waals surface area contributed by atoms with Crippen molar-refractivity contribution in [3.05, 3.63) is 93.2 Å². The largest absolute Gasteiger partial charge is 0.482 e. The predicted molar refractivity (Wildman–Crippen MR) is 127 cm³/mol. The number of carbonyl (C=O) groups is 1. The first-order valence-corrected chi connectivity index (χ1v) is 10.8. The number of aromatic amines is 1. The highest BCUT2D eigenvalue weighted by atomic mass is 16.5. The molecule has 5 nitrogen and oxygen atoms in total. The molecular weight excluding hydrogens is 400 g/mol. The molecule has 0 saturated carbocycles. The zero-order valence-corrected chi connectivity index (χ0v) is 19.0.